The van der Waals surface area contributed by atoms with Gasteiger partial charge in [0.2, 0.25) is 0 Å². The Bertz CT molecular complexity index is 598. The van der Waals surface area contributed by atoms with E-state index in [0.717, 1.165) is 0 Å². The maximum absolute atomic E-state index is 11.3. The zero-order valence-corrected chi connectivity index (χ0v) is 11.1. The summed E-state index contributed by atoms with van der Waals surface area (Å²) >= 11 is 0. The summed E-state index contributed by atoms with van der Waals surface area (Å²) in [5.41, 5.74) is 6.49. The molecular formula is C12H16N2O4S. The van der Waals surface area contributed by atoms with Gasteiger partial charge in [-0.25, -0.2) is 13.2 Å². The summed E-state index contributed by atoms with van der Waals surface area (Å²) in [6.45, 7) is 0.448. The minimum Gasteiger partial charge on any atom is -0.478 e. The Labute approximate surface area is 111 Å². The monoisotopic (exact) mass is 284 g/mol. The van der Waals surface area contributed by atoms with Gasteiger partial charge in [0, 0.05) is 17.9 Å². The van der Waals surface area contributed by atoms with Crippen LogP contribution in [0.3, 0.4) is 0 Å². The van der Waals surface area contributed by atoms with Crippen LogP contribution in [-0.4, -0.2) is 37.5 Å². The molecule has 2 rings (SSSR count). The quantitative estimate of drug-likeness (QED) is 0.706. The summed E-state index contributed by atoms with van der Waals surface area (Å²) in [5, 5.41) is 12.1. The highest BCUT2D eigenvalue weighted by Crippen LogP contribution is 2.22. The van der Waals surface area contributed by atoms with Crippen LogP contribution in [-0.2, 0) is 9.84 Å². The Morgan fingerprint density at radius 2 is 2.21 bits per heavy atom. The summed E-state index contributed by atoms with van der Waals surface area (Å²) in [4.78, 5) is 11.1. The minimum atomic E-state index is -2.91. The number of hydrogen-bond acceptors (Lipinski definition) is 5. The van der Waals surface area contributed by atoms with Crippen molar-refractivity contribution >= 4 is 27.2 Å². The van der Waals surface area contributed by atoms with Gasteiger partial charge in [-0.05, 0) is 30.5 Å². The first-order chi connectivity index (χ1) is 8.87. The summed E-state index contributed by atoms with van der Waals surface area (Å²) in [6.07, 6.45) is 0.618. The smallest absolute Gasteiger partial charge is 0.337 e. The molecule has 7 heteroatoms. The van der Waals surface area contributed by atoms with E-state index in [-0.39, 0.29) is 23.0 Å². The van der Waals surface area contributed by atoms with Gasteiger partial charge in [0.25, 0.3) is 0 Å². The average molecular weight is 284 g/mol. The summed E-state index contributed by atoms with van der Waals surface area (Å²) in [5.74, 6) is -0.650. The Kier molecular flexibility index (Phi) is 3.66. The lowest BCUT2D eigenvalue weighted by molar-refractivity contribution is 0.0698. The van der Waals surface area contributed by atoms with E-state index >= 15 is 0 Å². The molecule has 104 valence electrons. The normalized spacial score (nSPS) is 21.2. The van der Waals surface area contributed by atoms with Crippen molar-refractivity contribution in [2.24, 2.45) is 5.92 Å². The molecule has 0 amide bonds. The van der Waals surface area contributed by atoms with Crippen molar-refractivity contribution in [3.05, 3.63) is 23.8 Å². The number of carbonyl (C=O) groups is 1. The van der Waals surface area contributed by atoms with Gasteiger partial charge in [0.05, 0.1) is 17.1 Å². The number of nitrogen functional groups attached to an aromatic ring is 1. The number of hydrogen-bond donors (Lipinski definition) is 3. The third-order valence-electron chi connectivity index (χ3n) is 3.18. The number of carboxylic acid groups (broad SMARTS) is 1. The molecule has 1 atom stereocenters. The van der Waals surface area contributed by atoms with Crippen molar-refractivity contribution in [1.82, 2.24) is 0 Å². The summed E-state index contributed by atoms with van der Waals surface area (Å²) < 4.78 is 22.7. The molecule has 0 aliphatic carbocycles. The molecule has 0 aromatic heterocycles. The number of benzene rings is 1. The van der Waals surface area contributed by atoms with E-state index in [2.05, 4.69) is 5.32 Å². The molecule has 0 spiro atoms. The molecule has 0 saturated carbocycles. The van der Waals surface area contributed by atoms with Crippen molar-refractivity contribution in [1.29, 1.82) is 0 Å². The second-order valence-corrected chi connectivity index (χ2v) is 6.99. The largest absolute Gasteiger partial charge is 0.478 e. The third kappa shape index (κ3) is 3.37. The van der Waals surface area contributed by atoms with Crippen LogP contribution in [0, 0.1) is 5.92 Å². The second kappa shape index (κ2) is 5.08. The predicted molar refractivity (Wildman–Crippen MR) is 73.1 cm³/mol. The van der Waals surface area contributed by atoms with E-state index in [9.17, 15) is 13.2 Å². The number of sulfone groups is 1. The Hall–Kier alpha value is -1.76. The van der Waals surface area contributed by atoms with Gasteiger partial charge in [0.15, 0.2) is 9.84 Å². The van der Waals surface area contributed by atoms with Crippen LogP contribution in [0.25, 0.3) is 0 Å². The lowest BCUT2D eigenvalue weighted by Crippen LogP contribution is -2.17. The van der Waals surface area contributed by atoms with Crippen LogP contribution in [0.1, 0.15) is 16.8 Å². The van der Waals surface area contributed by atoms with Crippen LogP contribution in [0.15, 0.2) is 18.2 Å². The fourth-order valence-corrected chi connectivity index (χ4v) is 4.04. The van der Waals surface area contributed by atoms with Gasteiger partial charge in [-0.1, -0.05) is 0 Å². The van der Waals surface area contributed by atoms with E-state index in [0.29, 0.717) is 24.3 Å². The molecule has 1 heterocycles. The Balaban J connectivity index is 2.06. The molecule has 1 aromatic rings. The average Bonchev–Trinajstić information content (AvgIpc) is 2.67. The van der Waals surface area contributed by atoms with E-state index in [1.54, 1.807) is 12.1 Å². The zero-order chi connectivity index (χ0) is 14.0. The molecule has 1 aliphatic heterocycles. The highest BCUT2D eigenvalue weighted by Gasteiger charge is 2.27. The van der Waals surface area contributed by atoms with Crippen molar-refractivity contribution < 1.29 is 18.3 Å². The van der Waals surface area contributed by atoms with Gasteiger partial charge in [-0.15, -0.1) is 0 Å². The lowest BCUT2D eigenvalue weighted by Gasteiger charge is -2.13. The molecule has 1 fully saturated rings. The van der Waals surface area contributed by atoms with Crippen LogP contribution in [0.5, 0.6) is 0 Å². The topological polar surface area (TPSA) is 109 Å². The second-order valence-electron chi connectivity index (χ2n) is 4.76. The molecule has 1 saturated heterocycles. The molecule has 1 unspecified atom stereocenters. The van der Waals surface area contributed by atoms with Crippen molar-refractivity contribution in [3.8, 4) is 0 Å². The summed E-state index contributed by atoms with van der Waals surface area (Å²) in [6, 6.07) is 4.60. The minimum absolute atomic E-state index is 0.0317. The Morgan fingerprint density at radius 3 is 2.79 bits per heavy atom. The summed E-state index contributed by atoms with van der Waals surface area (Å²) in [7, 11) is -2.91. The van der Waals surface area contributed by atoms with Crippen molar-refractivity contribution in [3.63, 3.8) is 0 Å². The SMILES string of the molecule is Nc1ccc(NCC2CCS(=O)(=O)C2)c(C(=O)O)c1. The zero-order valence-electron chi connectivity index (χ0n) is 10.3. The van der Waals surface area contributed by atoms with Gasteiger partial charge in [-0.2, -0.15) is 0 Å². The third-order valence-corrected chi connectivity index (χ3v) is 5.02. The maximum atomic E-state index is 11.3. The number of nitrogens with two attached hydrogens (primary N) is 1. The first-order valence-corrected chi connectivity index (χ1v) is 7.76. The van der Waals surface area contributed by atoms with Gasteiger partial charge >= 0.3 is 5.97 Å². The number of nitrogens with one attached hydrogen (secondary N) is 1. The molecule has 4 N–H and O–H groups in total. The molecule has 1 aromatic carbocycles. The molecule has 19 heavy (non-hydrogen) atoms. The standard InChI is InChI=1S/C12H16N2O4S/c13-9-1-2-11(10(5-9)12(15)16)14-6-8-3-4-19(17,18)7-8/h1-2,5,8,14H,3-4,6-7,13H2,(H,15,16). The van der Waals surface area contributed by atoms with Gasteiger partial charge in [-0.3, -0.25) is 0 Å². The van der Waals surface area contributed by atoms with Crippen molar-refractivity contribution in [2.45, 2.75) is 6.42 Å². The molecule has 6 nitrogen and oxygen atoms in total. The van der Waals surface area contributed by atoms with Crippen molar-refractivity contribution in [2.75, 3.05) is 29.1 Å². The fourth-order valence-electron chi connectivity index (χ4n) is 2.18. The maximum Gasteiger partial charge on any atom is 0.337 e. The highest BCUT2D eigenvalue weighted by atomic mass is 32.2. The van der Waals surface area contributed by atoms with Gasteiger partial charge < -0.3 is 16.2 Å². The van der Waals surface area contributed by atoms with E-state index in [1.807, 2.05) is 0 Å². The number of anilines is 2. The van der Waals surface area contributed by atoms with E-state index < -0.39 is 15.8 Å². The molecular weight excluding hydrogens is 268 g/mol. The van der Waals surface area contributed by atoms with Crippen LogP contribution in [0.2, 0.25) is 0 Å². The first kappa shape index (κ1) is 13.7. The Morgan fingerprint density at radius 1 is 1.47 bits per heavy atom. The van der Waals surface area contributed by atoms with Crippen LogP contribution in [0.4, 0.5) is 11.4 Å². The first-order valence-electron chi connectivity index (χ1n) is 5.94. The number of aromatic carboxylic acids is 1. The lowest BCUT2D eigenvalue weighted by atomic mass is 10.1. The number of carboxylic acids is 1. The molecule has 0 bridgehead atoms. The fraction of sp³-hybridized carbons (Fsp3) is 0.417. The van der Waals surface area contributed by atoms with Crippen LogP contribution < -0.4 is 11.1 Å². The van der Waals surface area contributed by atoms with E-state index in [4.69, 9.17) is 10.8 Å². The predicted octanol–water partition coefficient (Wildman–Crippen LogP) is 0.814. The highest BCUT2D eigenvalue weighted by molar-refractivity contribution is 7.91. The molecule has 1 aliphatic rings. The van der Waals surface area contributed by atoms with Crippen LogP contribution >= 0.6 is 0 Å². The van der Waals surface area contributed by atoms with Gasteiger partial charge in [0.1, 0.15) is 0 Å². The number of rotatable bonds is 4. The van der Waals surface area contributed by atoms with E-state index in [1.165, 1.54) is 6.07 Å². The molecule has 0 radical (unpaired) electrons.